The van der Waals surface area contributed by atoms with Crippen LogP contribution in [0, 0.1) is 0 Å². The molecule has 4 aromatic rings. The maximum atomic E-state index is 12.3. The minimum absolute atomic E-state index is 0.00385. The molecular weight excluding hydrogens is 330 g/mol. The van der Waals surface area contributed by atoms with Gasteiger partial charge in [-0.05, 0) is 46.7 Å². The quantitative estimate of drug-likeness (QED) is 0.591. The molecule has 0 atom stereocenters. The van der Waals surface area contributed by atoms with E-state index >= 15 is 0 Å². The molecule has 0 saturated carbocycles. The van der Waals surface area contributed by atoms with Crippen LogP contribution in [-0.2, 0) is 17.9 Å². The minimum atomic E-state index is -0.00385. The average molecular weight is 347 g/mol. The summed E-state index contributed by atoms with van der Waals surface area (Å²) in [5, 5.41) is 6.17. The van der Waals surface area contributed by atoms with E-state index in [0.717, 1.165) is 27.0 Å². The van der Waals surface area contributed by atoms with Crippen LogP contribution >= 0.6 is 11.3 Å². The zero-order valence-electron chi connectivity index (χ0n) is 13.6. The second-order valence-corrected chi connectivity index (χ2v) is 6.75. The monoisotopic (exact) mass is 347 g/mol. The summed E-state index contributed by atoms with van der Waals surface area (Å²) < 4.78 is 1.97. The number of thiophene rings is 1. The first-order chi connectivity index (χ1) is 12.3. The molecule has 0 saturated heterocycles. The van der Waals surface area contributed by atoms with Gasteiger partial charge in [0, 0.05) is 24.5 Å². The van der Waals surface area contributed by atoms with E-state index in [1.165, 1.54) is 0 Å². The lowest BCUT2D eigenvalue weighted by Crippen LogP contribution is -2.26. The molecule has 0 unspecified atom stereocenters. The lowest BCUT2D eigenvalue weighted by molar-refractivity contribution is -0.121. The van der Waals surface area contributed by atoms with Crippen molar-refractivity contribution in [3.05, 3.63) is 77.9 Å². The number of pyridine rings is 1. The Morgan fingerprint density at radius 3 is 2.92 bits per heavy atom. The molecule has 4 rings (SSSR count). The Balaban J connectivity index is 1.41. The Labute approximate surface area is 149 Å². The second kappa shape index (κ2) is 6.91. The largest absolute Gasteiger partial charge is 0.350 e. The minimum Gasteiger partial charge on any atom is -0.350 e. The van der Waals surface area contributed by atoms with Crippen molar-refractivity contribution < 1.29 is 4.79 Å². The van der Waals surface area contributed by atoms with Crippen LogP contribution in [0.2, 0.25) is 0 Å². The van der Waals surface area contributed by atoms with Crippen LogP contribution in [0.5, 0.6) is 0 Å². The second-order valence-electron chi connectivity index (χ2n) is 5.81. The van der Waals surface area contributed by atoms with Gasteiger partial charge in [-0.2, -0.15) is 0 Å². The van der Waals surface area contributed by atoms with E-state index in [1.54, 1.807) is 17.5 Å². The summed E-state index contributed by atoms with van der Waals surface area (Å²) in [6, 6.07) is 18.1. The maximum absolute atomic E-state index is 12.3. The number of aromatic nitrogens is 2. The Bertz CT molecular complexity index is 1000. The molecule has 124 valence electrons. The van der Waals surface area contributed by atoms with Crippen LogP contribution in [-0.4, -0.2) is 15.5 Å². The molecule has 0 aliphatic carbocycles. The third kappa shape index (κ3) is 3.46. The lowest BCUT2D eigenvalue weighted by Gasteiger charge is -2.08. The number of fused-ring (bicyclic) bond motifs is 1. The van der Waals surface area contributed by atoms with Crippen molar-refractivity contribution in [3.63, 3.8) is 0 Å². The predicted octanol–water partition coefficient (Wildman–Crippen LogP) is 4.08. The Kier molecular flexibility index (Phi) is 4.31. The average Bonchev–Trinajstić information content (AvgIpc) is 3.31. The van der Waals surface area contributed by atoms with Gasteiger partial charge in [-0.1, -0.05) is 24.3 Å². The molecule has 0 radical (unpaired) electrons. The Hall–Kier alpha value is -2.92. The first-order valence-corrected chi connectivity index (χ1v) is 8.97. The highest BCUT2D eigenvalue weighted by molar-refractivity contribution is 7.13. The van der Waals surface area contributed by atoms with Gasteiger partial charge < -0.3 is 9.88 Å². The number of para-hydroxylation sites is 1. The smallest absolute Gasteiger partial charge is 0.240 e. The van der Waals surface area contributed by atoms with E-state index in [4.69, 9.17) is 0 Å². The highest BCUT2D eigenvalue weighted by Gasteiger charge is 2.07. The number of rotatable bonds is 5. The standard InChI is InChI=1S/C20H17N3OS/c24-20(14-23-10-8-16-4-1-2-5-18(16)23)22-13-15-7-9-21-17(12-15)19-6-3-11-25-19/h1-12H,13-14H2,(H,22,24). The van der Waals surface area contributed by atoms with Gasteiger partial charge in [0.05, 0.1) is 10.6 Å². The first kappa shape index (κ1) is 15.6. The van der Waals surface area contributed by atoms with Crippen molar-refractivity contribution in [3.8, 4) is 10.6 Å². The molecule has 3 heterocycles. The van der Waals surface area contributed by atoms with E-state index in [1.807, 2.05) is 70.7 Å². The lowest BCUT2D eigenvalue weighted by atomic mass is 10.2. The molecule has 25 heavy (non-hydrogen) atoms. The van der Waals surface area contributed by atoms with E-state index in [-0.39, 0.29) is 5.91 Å². The van der Waals surface area contributed by atoms with E-state index < -0.39 is 0 Å². The molecule has 4 nitrogen and oxygen atoms in total. The van der Waals surface area contributed by atoms with Crippen LogP contribution in [0.25, 0.3) is 21.5 Å². The van der Waals surface area contributed by atoms with Gasteiger partial charge in [0.2, 0.25) is 5.91 Å². The van der Waals surface area contributed by atoms with E-state index in [2.05, 4.69) is 10.3 Å². The molecule has 3 aromatic heterocycles. The number of nitrogens with zero attached hydrogens (tertiary/aromatic N) is 2. The zero-order chi connectivity index (χ0) is 17.1. The Morgan fingerprint density at radius 2 is 2.04 bits per heavy atom. The molecule has 0 fully saturated rings. The summed E-state index contributed by atoms with van der Waals surface area (Å²) >= 11 is 1.66. The number of amides is 1. The fraction of sp³-hybridized carbons (Fsp3) is 0.100. The van der Waals surface area contributed by atoms with Gasteiger partial charge in [0.15, 0.2) is 0 Å². The molecule has 0 spiro atoms. The molecule has 0 bridgehead atoms. The van der Waals surface area contributed by atoms with Crippen LogP contribution in [0.15, 0.2) is 72.4 Å². The van der Waals surface area contributed by atoms with E-state index in [0.29, 0.717) is 13.1 Å². The Morgan fingerprint density at radius 1 is 1.12 bits per heavy atom. The van der Waals surface area contributed by atoms with Crippen LogP contribution in [0.3, 0.4) is 0 Å². The van der Waals surface area contributed by atoms with Crippen LogP contribution in [0.1, 0.15) is 5.56 Å². The van der Waals surface area contributed by atoms with Crippen LogP contribution < -0.4 is 5.32 Å². The van der Waals surface area contributed by atoms with Gasteiger partial charge in [0.1, 0.15) is 6.54 Å². The SMILES string of the molecule is O=C(Cn1ccc2ccccc21)NCc1ccnc(-c2cccs2)c1. The zero-order valence-corrected chi connectivity index (χ0v) is 14.4. The van der Waals surface area contributed by atoms with Gasteiger partial charge in [0.25, 0.3) is 0 Å². The molecule has 1 aromatic carbocycles. The first-order valence-electron chi connectivity index (χ1n) is 8.09. The number of carbonyl (C=O) groups excluding carboxylic acids is 1. The molecule has 1 amide bonds. The fourth-order valence-corrected chi connectivity index (χ4v) is 3.53. The third-order valence-corrected chi connectivity index (χ3v) is 4.97. The van der Waals surface area contributed by atoms with Gasteiger partial charge >= 0.3 is 0 Å². The highest BCUT2D eigenvalue weighted by Crippen LogP contribution is 2.23. The summed E-state index contributed by atoms with van der Waals surface area (Å²) in [6.45, 7) is 0.815. The van der Waals surface area contributed by atoms with Gasteiger partial charge in [-0.25, -0.2) is 0 Å². The van der Waals surface area contributed by atoms with Crippen molar-refractivity contribution in [2.75, 3.05) is 0 Å². The molecule has 0 aliphatic heterocycles. The van der Waals surface area contributed by atoms with Crippen molar-refractivity contribution in [2.24, 2.45) is 0 Å². The van der Waals surface area contributed by atoms with Gasteiger partial charge in [-0.15, -0.1) is 11.3 Å². The summed E-state index contributed by atoms with van der Waals surface area (Å²) in [4.78, 5) is 17.8. The molecular formula is C20H17N3OS. The number of hydrogen-bond acceptors (Lipinski definition) is 3. The third-order valence-electron chi connectivity index (χ3n) is 4.08. The van der Waals surface area contributed by atoms with Crippen molar-refractivity contribution in [2.45, 2.75) is 13.1 Å². The number of carbonyl (C=O) groups is 1. The molecule has 0 aliphatic rings. The maximum Gasteiger partial charge on any atom is 0.240 e. The van der Waals surface area contributed by atoms with Crippen molar-refractivity contribution in [1.82, 2.24) is 14.9 Å². The van der Waals surface area contributed by atoms with Crippen molar-refractivity contribution in [1.29, 1.82) is 0 Å². The summed E-state index contributed by atoms with van der Waals surface area (Å²) in [5.74, 6) is -0.00385. The molecule has 5 heteroatoms. The highest BCUT2D eigenvalue weighted by atomic mass is 32.1. The number of hydrogen-bond donors (Lipinski definition) is 1. The normalized spacial score (nSPS) is 10.9. The van der Waals surface area contributed by atoms with Crippen molar-refractivity contribution >= 4 is 28.1 Å². The summed E-state index contributed by atoms with van der Waals surface area (Å²) in [7, 11) is 0. The summed E-state index contributed by atoms with van der Waals surface area (Å²) in [5.41, 5.74) is 3.06. The van der Waals surface area contributed by atoms with Crippen LogP contribution in [0.4, 0.5) is 0 Å². The van der Waals surface area contributed by atoms with Gasteiger partial charge in [-0.3, -0.25) is 9.78 Å². The number of benzene rings is 1. The van der Waals surface area contributed by atoms with E-state index in [9.17, 15) is 4.79 Å². The number of nitrogens with one attached hydrogen (secondary N) is 1. The molecule has 1 N–H and O–H groups in total. The topological polar surface area (TPSA) is 46.9 Å². The predicted molar refractivity (Wildman–Crippen MR) is 101 cm³/mol. The summed E-state index contributed by atoms with van der Waals surface area (Å²) in [6.07, 6.45) is 3.74. The fourth-order valence-electron chi connectivity index (χ4n) is 2.83.